The highest BCUT2D eigenvalue weighted by Gasteiger charge is 2.13. The molecule has 1 aromatic carbocycles. The molecule has 90 valence electrons. The molecule has 0 bridgehead atoms. The number of anilines is 1. The predicted octanol–water partition coefficient (Wildman–Crippen LogP) is 2.26. The summed E-state index contributed by atoms with van der Waals surface area (Å²) in [5.74, 6) is -0.296. The first kappa shape index (κ1) is 12.8. The van der Waals surface area contributed by atoms with Crippen LogP contribution in [0, 0.1) is 12.7 Å². The molecule has 0 saturated heterocycles. The van der Waals surface area contributed by atoms with E-state index in [0.717, 1.165) is 5.56 Å². The second kappa shape index (κ2) is 4.70. The number of nitrogens with two attached hydrogens (primary N) is 1. The molecule has 0 heterocycles. The summed E-state index contributed by atoms with van der Waals surface area (Å²) in [5.41, 5.74) is 5.93. The van der Waals surface area contributed by atoms with Crippen LogP contribution in [0.15, 0.2) is 12.1 Å². The first-order valence-corrected chi connectivity index (χ1v) is 5.20. The molecule has 0 aliphatic carbocycles. The molecule has 3 N–H and O–H groups in total. The van der Waals surface area contributed by atoms with Gasteiger partial charge in [-0.25, -0.2) is 4.39 Å². The zero-order valence-corrected chi connectivity index (χ0v) is 9.88. The van der Waals surface area contributed by atoms with Gasteiger partial charge in [0, 0.05) is 18.2 Å². The van der Waals surface area contributed by atoms with Crippen LogP contribution in [0.5, 0.6) is 5.75 Å². The third-order valence-corrected chi connectivity index (χ3v) is 2.29. The molecule has 0 aromatic heterocycles. The highest BCUT2D eigenvalue weighted by atomic mass is 19.1. The van der Waals surface area contributed by atoms with Gasteiger partial charge in [0.25, 0.3) is 0 Å². The smallest absolute Gasteiger partial charge is 0.167 e. The lowest BCUT2D eigenvalue weighted by molar-refractivity contribution is 0.0547. The average Bonchev–Trinajstić information content (AvgIpc) is 2.11. The van der Waals surface area contributed by atoms with Crippen LogP contribution in [-0.2, 0) is 0 Å². The first-order chi connectivity index (χ1) is 7.29. The van der Waals surface area contributed by atoms with E-state index < -0.39 is 11.4 Å². The van der Waals surface area contributed by atoms with E-state index in [1.54, 1.807) is 26.8 Å². The molecule has 0 fully saturated rings. The molecule has 0 atom stereocenters. The van der Waals surface area contributed by atoms with Crippen molar-refractivity contribution in [2.24, 2.45) is 0 Å². The second-order valence-corrected chi connectivity index (χ2v) is 4.55. The Bertz CT molecular complexity index is 372. The maximum absolute atomic E-state index is 13.4. The summed E-state index contributed by atoms with van der Waals surface area (Å²) in [6.45, 7) is 5.42. The van der Waals surface area contributed by atoms with Gasteiger partial charge in [-0.2, -0.15) is 0 Å². The van der Waals surface area contributed by atoms with Crippen LogP contribution >= 0.6 is 0 Å². The van der Waals surface area contributed by atoms with Crippen LogP contribution in [0.3, 0.4) is 0 Å². The predicted molar refractivity (Wildman–Crippen MR) is 62.0 cm³/mol. The van der Waals surface area contributed by atoms with Crippen molar-refractivity contribution in [1.29, 1.82) is 0 Å². The van der Waals surface area contributed by atoms with Crippen molar-refractivity contribution in [2.75, 3.05) is 12.3 Å². The number of hydrogen-bond donors (Lipinski definition) is 2. The molecule has 1 aromatic rings. The van der Waals surface area contributed by atoms with Gasteiger partial charge >= 0.3 is 0 Å². The Labute approximate surface area is 95.0 Å². The number of halogens is 1. The molecule has 0 aliphatic heterocycles. The van der Waals surface area contributed by atoms with Crippen LogP contribution in [0.1, 0.15) is 25.8 Å². The van der Waals surface area contributed by atoms with Crippen LogP contribution in [0.4, 0.5) is 10.1 Å². The first-order valence-electron chi connectivity index (χ1n) is 5.20. The topological polar surface area (TPSA) is 55.5 Å². The Hall–Kier alpha value is -1.29. The van der Waals surface area contributed by atoms with Gasteiger partial charge < -0.3 is 15.6 Å². The minimum Gasteiger partial charge on any atom is -0.490 e. The van der Waals surface area contributed by atoms with E-state index in [1.165, 1.54) is 6.07 Å². The SMILES string of the molecule is Cc1cc(OCCC(C)(C)O)c(F)cc1N. The summed E-state index contributed by atoms with van der Waals surface area (Å²) >= 11 is 0. The summed E-state index contributed by atoms with van der Waals surface area (Å²) in [4.78, 5) is 0. The fourth-order valence-electron chi connectivity index (χ4n) is 1.19. The zero-order valence-electron chi connectivity index (χ0n) is 9.88. The van der Waals surface area contributed by atoms with E-state index >= 15 is 0 Å². The minimum atomic E-state index is -0.806. The van der Waals surface area contributed by atoms with Crippen molar-refractivity contribution in [1.82, 2.24) is 0 Å². The summed E-state index contributed by atoms with van der Waals surface area (Å²) in [5, 5.41) is 9.47. The Morgan fingerprint density at radius 2 is 2.06 bits per heavy atom. The molecular weight excluding hydrogens is 209 g/mol. The lowest BCUT2D eigenvalue weighted by Gasteiger charge is -2.17. The standard InChI is InChI=1S/C12H18FNO2/c1-8-6-11(9(13)7-10(8)14)16-5-4-12(2,3)15/h6-7,15H,4-5,14H2,1-3H3. The van der Waals surface area contributed by atoms with Gasteiger partial charge in [-0.15, -0.1) is 0 Å². The van der Waals surface area contributed by atoms with Crippen molar-refractivity contribution in [3.05, 3.63) is 23.5 Å². The highest BCUT2D eigenvalue weighted by molar-refractivity contribution is 5.50. The Kier molecular flexibility index (Phi) is 3.75. The van der Waals surface area contributed by atoms with Crippen molar-refractivity contribution >= 4 is 5.69 Å². The van der Waals surface area contributed by atoms with E-state index in [4.69, 9.17) is 10.5 Å². The fourth-order valence-corrected chi connectivity index (χ4v) is 1.19. The number of aliphatic hydroxyl groups is 1. The quantitative estimate of drug-likeness (QED) is 0.776. The molecule has 1 rings (SSSR count). The summed E-state index contributed by atoms with van der Waals surface area (Å²) in [6, 6.07) is 2.81. The normalized spacial score (nSPS) is 11.6. The van der Waals surface area contributed by atoms with Gasteiger partial charge in [0.05, 0.1) is 12.2 Å². The Morgan fingerprint density at radius 1 is 1.44 bits per heavy atom. The van der Waals surface area contributed by atoms with E-state index in [0.29, 0.717) is 12.1 Å². The second-order valence-electron chi connectivity index (χ2n) is 4.55. The summed E-state index contributed by atoms with van der Waals surface area (Å²) in [7, 11) is 0. The van der Waals surface area contributed by atoms with Gasteiger partial charge in [0.2, 0.25) is 0 Å². The van der Waals surface area contributed by atoms with E-state index in [2.05, 4.69) is 0 Å². The third kappa shape index (κ3) is 3.70. The van der Waals surface area contributed by atoms with Gasteiger partial charge in [-0.3, -0.25) is 0 Å². The van der Waals surface area contributed by atoms with Crippen molar-refractivity contribution in [3.63, 3.8) is 0 Å². The largest absolute Gasteiger partial charge is 0.490 e. The number of hydrogen-bond acceptors (Lipinski definition) is 3. The van der Waals surface area contributed by atoms with Crippen molar-refractivity contribution in [3.8, 4) is 5.75 Å². The van der Waals surface area contributed by atoms with Crippen molar-refractivity contribution in [2.45, 2.75) is 32.8 Å². The number of nitrogen functional groups attached to an aromatic ring is 1. The molecule has 0 radical (unpaired) electrons. The monoisotopic (exact) mass is 227 g/mol. The lowest BCUT2D eigenvalue weighted by atomic mass is 10.1. The van der Waals surface area contributed by atoms with E-state index in [9.17, 15) is 9.50 Å². The highest BCUT2D eigenvalue weighted by Crippen LogP contribution is 2.24. The minimum absolute atomic E-state index is 0.177. The van der Waals surface area contributed by atoms with E-state index in [-0.39, 0.29) is 12.4 Å². The summed E-state index contributed by atoms with van der Waals surface area (Å²) in [6.07, 6.45) is 0.440. The number of benzene rings is 1. The lowest BCUT2D eigenvalue weighted by Crippen LogP contribution is -2.22. The molecule has 0 amide bonds. The van der Waals surface area contributed by atoms with Crippen LogP contribution in [0.2, 0.25) is 0 Å². The average molecular weight is 227 g/mol. The maximum atomic E-state index is 13.4. The third-order valence-electron chi connectivity index (χ3n) is 2.29. The van der Waals surface area contributed by atoms with E-state index in [1.807, 2.05) is 0 Å². The van der Waals surface area contributed by atoms with Gasteiger partial charge in [0.1, 0.15) is 0 Å². The molecule has 0 unspecified atom stereocenters. The fraction of sp³-hybridized carbons (Fsp3) is 0.500. The molecule has 0 aliphatic rings. The number of aryl methyl sites for hydroxylation is 1. The Balaban J connectivity index is 2.64. The molecule has 16 heavy (non-hydrogen) atoms. The van der Waals surface area contributed by atoms with Gasteiger partial charge in [-0.05, 0) is 32.4 Å². The summed E-state index contributed by atoms with van der Waals surface area (Å²) < 4.78 is 18.6. The van der Waals surface area contributed by atoms with Crippen LogP contribution in [0.25, 0.3) is 0 Å². The zero-order chi connectivity index (χ0) is 12.3. The van der Waals surface area contributed by atoms with Crippen LogP contribution < -0.4 is 10.5 Å². The van der Waals surface area contributed by atoms with Crippen molar-refractivity contribution < 1.29 is 14.2 Å². The molecular formula is C12H18FNO2. The molecule has 4 heteroatoms. The number of rotatable bonds is 4. The molecule has 3 nitrogen and oxygen atoms in total. The maximum Gasteiger partial charge on any atom is 0.167 e. The molecule has 0 saturated carbocycles. The number of ether oxygens (including phenoxy) is 1. The Morgan fingerprint density at radius 3 is 2.62 bits per heavy atom. The van der Waals surface area contributed by atoms with Gasteiger partial charge in [0.15, 0.2) is 11.6 Å². The van der Waals surface area contributed by atoms with Gasteiger partial charge in [-0.1, -0.05) is 0 Å². The van der Waals surface area contributed by atoms with Crippen LogP contribution in [-0.4, -0.2) is 17.3 Å². The molecule has 0 spiro atoms.